The Labute approximate surface area is 99.7 Å². The topological polar surface area (TPSA) is 56.0 Å². The van der Waals surface area contributed by atoms with Crippen molar-refractivity contribution >= 4 is 5.78 Å². The third-order valence-corrected chi connectivity index (χ3v) is 2.86. The maximum absolute atomic E-state index is 11.5. The van der Waals surface area contributed by atoms with Crippen LogP contribution < -0.4 is 0 Å². The molecule has 0 unspecified atom stereocenters. The summed E-state index contributed by atoms with van der Waals surface area (Å²) in [6, 6.07) is 9.49. The molecular weight excluding hydrogens is 216 g/mol. The molecule has 88 valence electrons. The first kappa shape index (κ1) is 11.5. The van der Waals surface area contributed by atoms with E-state index in [0.717, 1.165) is 5.56 Å². The highest BCUT2D eigenvalue weighted by atomic mass is 16.4. The van der Waals surface area contributed by atoms with Crippen LogP contribution >= 0.6 is 0 Å². The molecule has 0 saturated heterocycles. The predicted octanol–water partition coefficient (Wildman–Crippen LogP) is 2.60. The fraction of sp³-hybridized carbons (Fsp3) is 0.308. The normalized spacial score (nSPS) is 11.5. The molecule has 2 rings (SSSR count). The van der Waals surface area contributed by atoms with Gasteiger partial charge in [0.25, 0.3) is 0 Å². The van der Waals surface area contributed by atoms with E-state index in [2.05, 4.69) is 10.2 Å². The third kappa shape index (κ3) is 2.11. The number of carbonyl (C=O) groups excluding carboxylic acids is 1. The number of Topliss-reactive ketones (excluding diaryl/α,β-unsaturated/α-hetero) is 1. The second-order valence-electron chi connectivity index (χ2n) is 4.46. The first-order valence-electron chi connectivity index (χ1n) is 5.42. The van der Waals surface area contributed by atoms with Gasteiger partial charge >= 0.3 is 0 Å². The van der Waals surface area contributed by atoms with Gasteiger partial charge in [-0.3, -0.25) is 4.79 Å². The Bertz CT molecular complexity index is 529. The van der Waals surface area contributed by atoms with Gasteiger partial charge in [-0.15, -0.1) is 10.2 Å². The lowest BCUT2D eigenvalue weighted by atomic mass is 9.89. The smallest absolute Gasteiger partial charge is 0.247 e. The molecule has 0 fully saturated rings. The quantitative estimate of drug-likeness (QED) is 0.813. The average Bonchev–Trinajstić information content (AvgIpc) is 2.80. The zero-order valence-electron chi connectivity index (χ0n) is 10.1. The summed E-state index contributed by atoms with van der Waals surface area (Å²) >= 11 is 0. The summed E-state index contributed by atoms with van der Waals surface area (Å²) in [5.41, 5.74) is 0.116. The van der Waals surface area contributed by atoms with Crippen LogP contribution in [0.1, 0.15) is 26.7 Å². The number of nitrogens with zero attached hydrogens (tertiary/aromatic N) is 2. The van der Waals surface area contributed by atoms with E-state index in [-0.39, 0.29) is 5.78 Å². The standard InChI is InChI=1S/C13H14N2O2/c1-9(16)13(2,3)12-15-14-11(17-12)10-7-5-4-6-8-10/h4-8H,1-3H3. The van der Waals surface area contributed by atoms with Crippen LogP contribution in [0.4, 0.5) is 0 Å². The first-order chi connectivity index (χ1) is 8.01. The number of hydrogen-bond acceptors (Lipinski definition) is 4. The molecule has 0 atom stereocenters. The molecule has 4 nitrogen and oxygen atoms in total. The van der Waals surface area contributed by atoms with Gasteiger partial charge in [-0.05, 0) is 32.9 Å². The third-order valence-electron chi connectivity index (χ3n) is 2.86. The van der Waals surface area contributed by atoms with Crippen molar-refractivity contribution in [3.8, 4) is 11.5 Å². The van der Waals surface area contributed by atoms with Crippen molar-refractivity contribution in [3.05, 3.63) is 36.2 Å². The Kier molecular flexibility index (Phi) is 2.79. The highest BCUT2D eigenvalue weighted by molar-refractivity contribution is 5.85. The van der Waals surface area contributed by atoms with Crippen LogP contribution in [0, 0.1) is 0 Å². The summed E-state index contributed by atoms with van der Waals surface area (Å²) < 4.78 is 5.55. The largest absolute Gasteiger partial charge is 0.420 e. The second-order valence-corrected chi connectivity index (χ2v) is 4.46. The molecule has 17 heavy (non-hydrogen) atoms. The summed E-state index contributed by atoms with van der Waals surface area (Å²) in [5.74, 6) is 0.791. The van der Waals surface area contributed by atoms with Crippen LogP contribution in [0.3, 0.4) is 0 Å². The molecule has 0 bridgehead atoms. The van der Waals surface area contributed by atoms with Crippen molar-refractivity contribution in [2.75, 3.05) is 0 Å². The van der Waals surface area contributed by atoms with Gasteiger partial charge in [0, 0.05) is 5.56 Å². The minimum atomic E-state index is -0.736. The van der Waals surface area contributed by atoms with E-state index in [9.17, 15) is 4.79 Å². The molecule has 0 spiro atoms. The summed E-state index contributed by atoms with van der Waals surface area (Å²) in [5, 5.41) is 7.91. The number of carbonyl (C=O) groups is 1. The number of ketones is 1. The molecule has 1 aromatic carbocycles. The molecule has 4 heteroatoms. The van der Waals surface area contributed by atoms with Crippen LogP contribution in [-0.4, -0.2) is 16.0 Å². The Morgan fingerprint density at radius 2 is 1.82 bits per heavy atom. The van der Waals surface area contributed by atoms with Crippen molar-refractivity contribution in [3.63, 3.8) is 0 Å². The highest BCUT2D eigenvalue weighted by Crippen LogP contribution is 2.26. The molecule has 0 aliphatic carbocycles. The van der Waals surface area contributed by atoms with E-state index >= 15 is 0 Å². The van der Waals surface area contributed by atoms with Crippen molar-refractivity contribution in [1.29, 1.82) is 0 Å². The molecule has 0 saturated carbocycles. The summed E-state index contributed by atoms with van der Waals surface area (Å²) in [4.78, 5) is 11.5. The van der Waals surface area contributed by atoms with Crippen molar-refractivity contribution in [2.24, 2.45) is 0 Å². The minimum absolute atomic E-state index is 0.000705. The zero-order valence-corrected chi connectivity index (χ0v) is 10.1. The predicted molar refractivity (Wildman–Crippen MR) is 63.4 cm³/mol. The van der Waals surface area contributed by atoms with Crippen molar-refractivity contribution in [1.82, 2.24) is 10.2 Å². The Hall–Kier alpha value is -1.97. The SMILES string of the molecule is CC(=O)C(C)(C)c1nnc(-c2ccccc2)o1. The summed E-state index contributed by atoms with van der Waals surface area (Å²) in [6.45, 7) is 5.07. The van der Waals surface area contributed by atoms with Gasteiger partial charge in [0.15, 0.2) is 0 Å². The van der Waals surface area contributed by atoms with Crippen LogP contribution in [0.5, 0.6) is 0 Å². The average molecular weight is 230 g/mol. The van der Waals surface area contributed by atoms with Crippen LogP contribution in [0.2, 0.25) is 0 Å². The lowest BCUT2D eigenvalue weighted by Crippen LogP contribution is -2.26. The van der Waals surface area contributed by atoms with E-state index in [1.807, 2.05) is 30.3 Å². The molecular formula is C13H14N2O2. The molecule has 0 aliphatic heterocycles. The zero-order chi connectivity index (χ0) is 12.5. The van der Waals surface area contributed by atoms with Gasteiger partial charge in [-0.2, -0.15) is 0 Å². The fourth-order valence-electron chi connectivity index (χ4n) is 1.32. The molecule has 1 heterocycles. The Morgan fingerprint density at radius 1 is 1.18 bits per heavy atom. The summed E-state index contributed by atoms with van der Waals surface area (Å²) in [6.07, 6.45) is 0. The molecule has 0 amide bonds. The van der Waals surface area contributed by atoms with E-state index in [1.165, 1.54) is 6.92 Å². The van der Waals surface area contributed by atoms with E-state index in [1.54, 1.807) is 13.8 Å². The van der Waals surface area contributed by atoms with Crippen LogP contribution in [0.25, 0.3) is 11.5 Å². The van der Waals surface area contributed by atoms with Gasteiger partial charge in [0.1, 0.15) is 11.2 Å². The van der Waals surface area contributed by atoms with Crippen LogP contribution in [0.15, 0.2) is 34.7 Å². The Balaban J connectivity index is 2.38. The van der Waals surface area contributed by atoms with E-state index in [4.69, 9.17) is 4.42 Å². The molecule has 0 N–H and O–H groups in total. The van der Waals surface area contributed by atoms with Gasteiger partial charge in [-0.25, -0.2) is 0 Å². The minimum Gasteiger partial charge on any atom is -0.420 e. The van der Waals surface area contributed by atoms with E-state index < -0.39 is 5.41 Å². The van der Waals surface area contributed by atoms with Gasteiger partial charge in [0.05, 0.1) is 0 Å². The lowest BCUT2D eigenvalue weighted by molar-refractivity contribution is -0.122. The van der Waals surface area contributed by atoms with Crippen molar-refractivity contribution in [2.45, 2.75) is 26.2 Å². The number of rotatable bonds is 3. The maximum atomic E-state index is 11.5. The first-order valence-corrected chi connectivity index (χ1v) is 5.42. The van der Waals surface area contributed by atoms with Gasteiger partial charge < -0.3 is 4.42 Å². The fourth-order valence-corrected chi connectivity index (χ4v) is 1.32. The Morgan fingerprint density at radius 3 is 2.41 bits per heavy atom. The number of benzene rings is 1. The number of aromatic nitrogens is 2. The highest BCUT2D eigenvalue weighted by Gasteiger charge is 2.32. The van der Waals surface area contributed by atoms with E-state index in [0.29, 0.717) is 11.8 Å². The van der Waals surface area contributed by atoms with Crippen LogP contribution in [-0.2, 0) is 10.2 Å². The van der Waals surface area contributed by atoms with Gasteiger partial charge in [0.2, 0.25) is 11.8 Å². The molecule has 0 radical (unpaired) electrons. The maximum Gasteiger partial charge on any atom is 0.247 e. The monoisotopic (exact) mass is 230 g/mol. The van der Waals surface area contributed by atoms with Gasteiger partial charge in [-0.1, -0.05) is 18.2 Å². The second kappa shape index (κ2) is 4.13. The van der Waals surface area contributed by atoms with Crippen molar-refractivity contribution < 1.29 is 9.21 Å². The lowest BCUT2D eigenvalue weighted by Gasteiger charge is -2.14. The summed E-state index contributed by atoms with van der Waals surface area (Å²) in [7, 11) is 0. The number of hydrogen-bond donors (Lipinski definition) is 0. The molecule has 0 aliphatic rings. The molecule has 2 aromatic rings. The molecule has 1 aromatic heterocycles.